The molecule has 1 aliphatic heterocycles. The van der Waals surface area contributed by atoms with Crippen molar-refractivity contribution in [2.75, 3.05) is 14.2 Å². The molecule has 1 aromatic carbocycles. The molecule has 0 bridgehead atoms. The van der Waals surface area contributed by atoms with Crippen molar-refractivity contribution in [3.05, 3.63) is 23.8 Å². The van der Waals surface area contributed by atoms with E-state index in [0.29, 0.717) is 11.5 Å². The highest BCUT2D eigenvalue weighted by molar-refractivity contribution is 5.75. The molecule has 1 heterocycles. The van der Waals surface area contributed by atoms with Gasteiger partial charge in [-0.1, -0.05) is 19.9 Å². The van der Waals surface area contributed by atoms with Gasteiger partial charge in [0.15, 0.2) is 11.5 Å². The molecule has 1 aliphatic rings. The summed E-state index contributed by atoms with van der Waals surface area (Å²) in [5, 5.41) is 0. The highest BCUT2D eigenvalue weighted by atomic mass is 16.6. The number of hydrogen-bond donors (Lipinski definition) is 0. The predicted molar refractivity (Wildman–Crippen MR) is 66.7 cm³/mol. The fraction of sp³-hybridized carbons (Fsp3) is 0.500. The third-order valence-electron chi connectivity index (χ3n) is 3.62. The van der Waals surface area contributed by atoms with Crippen molar-refractivity contribution in [2.45, 2.75) is 20.0 Å². The number of carbonyl (C=O) groups excluding carboxylic acids is 1. The second kappa shape index (κ2) is 4.88. The average Bonchev–Trinajstić information content (AvgIpc) is 2.65. The molecule has 3 atom stereocenters. The van der Waals surface area contributed by atoms with E-state index in [1.807, 2.05) is 32.0 Å². The molecule has 4 heteroatoms. The highest BCUT2D eigenvalue weighted by Crippen LogP contribution is 2.41. The number of esters is 1. The van der Waals surface area contributed by atoms with Crippen LogP contribution >= 0.6 is 0 Å². The summed E-state index contributed by atoms with van der Waals surface area (Å²) in [6, 6.07) is 5.61. The molecule has 2 rings (SSSR count). The van der Waals surface area contributed by atoms with Gasteiger partial charge in [-0.2, -0.15) is 0 Å². The monoisotopic (exact) mass is 250 g/mol. The third kappa shape index (κ3) is 2.03. The smallest absolute Gasteiger partial charge is 0.309 e. The molecule has 1 fully saturated rings. The fourth-order valence-electron chi connectivity index (χ4n) is 2.22. The average molecular weight is 250 g/mol. The Kier molecular flexibility index (Phi) is 3.45. The Labute approximate surface area is 107 Å². The lowest BCUT2D eigenvalue weighted by Gasteiger charge is -2.17. The number of benzene rings is 1. The Hall–Kier alpha value is -1.71. The van der Waals surface area contributed by atoms with Crippen LogP contribution in [0.2, 0.25) is 0 Å². The van der Waals surface area contributed by atoms with Crippen LogP contribution in [0.15, 0.2) is 18.2 Å². The first-order valence-electron chi connectivity index (χ1n) is 6.01. The second-order valence-electron chi connectivity index (χ2n) is 4.62. The molecule has 0 aromatic heterocycles. The fourth-order valence-corrected chi connectivity index (χ4v) is 2.22. The number of ether oxygens (including phenoxy) is 3. The maximum atomic E-state index is 11.6. The van der Waals surface area contributed by atoms with Gasteiger partial charge in [-0.05, 0) is 17.7 Å². The van der Waals surface area contributed by atoms with Gasteiger partial charge < -0.3 is 14.2 Å². The Bertz CT molecular complexity index is 455. The minimum absolute atomic E-state index is 0.0666. The molecule has 0 spiro atoms. The topological polar surface area (TPSA) is 44.8 Å². The summed E-state index contributed by atoms with van der Waals surface area (Å²) < 4.78 is 15.9. The first kappa shape index (κ1) is 12.7. The van der Waals surface area contributed by atoms with Gasteiger partial charge >= 0.3 is 5.97 Å². The molecule has 1 saturated heterocycles. The van der Waals surface area contributed by atoms with Crippen LogP contribution in [-0.4, -0.2) is 20.2 Å². The number of cyclic esters (lactones) is 1. The van der Waals surface area contributed by atoms with Crippen molar-refractivity contribution in [2.24, 2.45) is 11.8 Å². The van der Waals surface area contributed by atoms with E-state index in [0.717, 1.165) is 5.56 Å². The largest absolute Gasteiger partial charge is 0.493 e. The summed E-state index contributed by atoms with van der Waals surface area (Å²) >= 11 is 0. The summed E-state index contributed by atoms with van der Waals surface area (Å²) in [5.74, 6) is 1.28. The van der Waals surface area contributed by atoms with Crippen LogP contribution in [0.5, 0.6) is 11.5 Å². The number of methoxy groups -OCH3 is 2. The van der Waals surface area contributed by atoms with Crippen LogP contribution < -0.4 is 9.47 Å². The van der Waals surface area contributed by atoms with E-state index in [9.17, 15) is 4.79 Å². The number of carbonyl (C=O) groups is 1. The van der Waals surface area contributed by atoms with Crippen molar-refractivity contribution in [1.82, 2.24) is 0 Å². The van der Waals surface area contributed by atoms with Crippen molar-refractivity contribution < 1.29 is 19.0 Å². The highest BCUT2D eigenvalue weighted by Gasteiger charge is 2.39. The summed E-state index contributed by atoms with van der Waals surface area (Å²) in [5.41, 5.74) is 0.942. The molecule has 3 unspecified atom stereocenters. The van der Waals surface area contributed by atoms with Crippen LogP contribution in [0.3, 0.4) is 0 Å². The number of rotatable bonds is 3. The molecular weight excluding hydrogens is 232 g/mol. The van der Waals surface area contributed by atoms with E-state index in [1.54, 1.807) is 14.2 Å². The summed E-state index contributed by atoms with van der Waals surface area (Å²) in [4.78, 5) is 11.6. The van der Waals surface area contributed by atoms with Crippen LogP contribution in [0.25, 0.3) is 0 Å². The van der Waals surface area contributed by atoms with Gasteiger partial charge in [0, 0.05) is 5.92 Å². The van der Waals surface area contributed by atoms with Crippen molar-refractivity contribution in [3.63, 3.8) is 0 Å². The van der Waals surface area contributed by atoms with Crippen molar-refractivity contribution in [1.29, 1.82) is 0 Å². The van der Waals surface area contributed by atoms with E-state index in [4.69, 9.17) is 14.2 Å². The minimum Gasteiger partial charge on any atom is -0.493 e. The van der Waals surface area contributed by atoms with Crippen molar-refractivity contribution in [3.8, 4) is 11.5 Å². The van der Waals surface area contributed by atoms with Gasteiger partial charge in [-0.3, -0.25) is 4.79 Å². The molecule has 0 saturated carbocycles. The zero-order valence-corrected chi connectivity index (χ0v) is 11.1. The maximum Gasteiger partial charge on any atom is 0.309 e. The standard InChI is InChI=1S/C14H18O4/c1-8-9(2)14(15)18-13(8)10-5-6-11(16-3)12(7-10)17-4/h5-9,13H,1-4H3. The summed E-state index contributed by atoms with van der Waals surface area (Å²) in [6.45, 7) is 3.92. The molecule has 0 radical (unpaired) electrons. The SMILES string of the molecule is COc1ccc(C2OC(=O)C(C)C2C)cc1OC. The Morgan fingerprint density at radius 2 is 1.78 bits per heavy atom. The zero-order chi connectivity index (χ0) is 13.3. The maximum absolute atomic E-state index is 11.6. The molecule has 0 aliphatic carbocycles. The lowest BCUT2D eigenvalue weighted by Crippen LogP contribution is -2.09. The predicted octanol–water partition coefficient (Wildman–Crippen LogP) is 2.57. The van der Waals surface area contributed by atoms with Crippen LogP contribution in [0.4, 0.5) is 0 Å². The van der Waals surface area contributed by atoms with E-state index >= 15 is 0 Å². The van der Waals surface area contributed by atoms with E-state index in [-0.39, 0.29) is 23.9 Å². The van der Waals surface area contributed by atoms with Gasteiger partial charge in [0.05, 0.1) is 20.1 Å². The van der Waals surface area contributed by atoms with E-state index in [1.165, 1.54) is 0 Å². The first-order chi connectivity index (χ1) is 8.58. The summed E-state index contributed by atoms with van der Waals surface area (Å²) in [6.07, 6.45) is -0.202. The van der Waals surface area contributed by atoms with E-state index < -0.39 is 0 Å². The minimum atomic E-state index is -0.202. The van der Waals surface area contributed by atoms with Gasteiger partial charge in [-0.15, -0.1) is 0 Å². The normalized spacial score (nSPS) is 26.9. The Balaban J connectivity index is 2.32. The molecule has 1 aromatic rings. The molecule has 0 amide bonds. The molecule has 18 heavy (non-hydrogen) atoms. The summed E-state index contributed by atoms with van der Waals surface area (Å²) in [7, 11) is 3.19. The van der Waals surface area contributed by atoms with Gasteiger partial charge in [0.25, 0.3) is 0 Å². The van der Waals surface area contributed by atoms with Crippen molar-refractivity contribution >= 4 is 5.97 Å². The quantitative estimate of drug-likeness (QED) is 0.773. The Morgan fingerprint density at radius 1 is 1.11 bits per heavy atom. The van der Waals surface area contributed by atoms with Crippen LogP contribution in [-0.2, 0) is 9.53 Å². The number of hydrogen-bond acceptors (Lipinski definition) is 4. The molecule has 98 valence electrons. The van der Waals surface area contributed by atoms with Gasteiger partial charge in [0.1, 0.15) is 6.10 Å². The molecular formula is C14H18O4. The third-order valence-corrected chi connectivity index (χ3v) is 3.62. The zero-order valence-electron chi connectivity index (χ0n) is 11.1. The lowest BCUT2D eigenvalue weighted by atomic mass is 9.90. The Morgan fingerprint density at radius 3 is 2.28 bits per heavy atom. The second-order valence-corrected chi connectivity index (χ2v) is 4.62. The molecule has 4 nitrogen and oxygen atoms in total. The van der Waals surface area contributed by atoms with Gasteiger partial charge in [0.2, 0.25) is 0 Å². The van der Waals surface area contributed by atoms with E-state index in [2.05, 4.69) is 0 Å². The first-order valence-corrected chi connectivity index (χ1v) is 6.01. The van der Waals surface area contributed by atoms with Crippen LogP contribution in [0.1, 0.15) is 25.5 Å². The molecule has 0 N–H and O–H groups in total. The van der Waals surface area contributed by atoms with Gasteiger partial charge in [-0.25, -0.2) is 0 Å². The van der Waals surface area contributed by atoms with Crippen LogP contribution in [0, 0.1) is 11.8 Å². The lowest BCUT2D eigenvalue weighted by molar-refractivity contribution is -0.144.